The first-order valence-corrected chi connectivity index (χ1v) is 13.6. The van der Waals surface area contributed by atoms with Crippen LogP contribution in [0.1, 0.15) is 96.4 Å². The Morgan fingerprint density at radius 3 is 0.929 bits per heavy atom. The van der Waals surface area contributed by atoms with Crippen LogP contribution in [0, 0.1) is 79.7 Å². The van der Waals surface area contributed by atoms with Gasteiger partial charge < -0.3 is 14.4 Å². The molecule has 0 unspecified atom stereocenters. The maximum absolute atomic E-state index is 11.0. The normalized spacial score (nSPS) is 9.40. The van der Waals surface area contributed by atoms with Gasteiger partial charge in [0.2, 0.25) is 0 Å². The summed E-state index contributed by atoms with van der Waals surface area (Å²) in [6.07, 6.45) is 0. The molecule has 0 spiro atoms. The summed E-state index contributed by atoms with van der Waals surface area (Å²) >= 11 is 0. The minimum Gasteiger partial charge on any atom is -0.309 e. The molecule has 4 aromatic carbocycles. The molecular weight excluding hydrogens is 695 g/mol. The molecule has 42 heavy (non-hydrogen) atoms. The molecule has 0 aliphatic carbocycles. The first-order valence-electron chi connectivity index (χ1n) is 13.6. The molecule has 4 aromatic rings. The van der Waals surface area contributed by atoms with Crippen LogP contribution in [0.3, 0.4) is 0 Å². The fourth-order valence-corrected chi connectivity index (χ4v) is 3.71. The maximum atomic E-state index is 11.0. The molecule has 0 heterocycles. The van der Waals surface area contributed by atoms with Gasteiger partial charge in [-0.15, -0.1) is 0 Å². The molecule has 0 aromatic heterocycles. The van der Waals surface area contributed by atoms with Crippen molar-refractivity contribution in [3.05, 3.63) is 140 Å². The van der Waals surface area contributed by atoms with E-state index in [4.69, 9.17) is 0 Å². The molecule has 0 N–H and O–H groups in total. The summed E-state index contributed by atoms with van der Waals surface area (Å²) in [7, 11) is 0. The van der Waals surface area contributed by atoms with Gasteiger partial charge in [0.15, 0.2) is 0 Å². The van der Waals surface area contributed by atoms with Gasteiger partial charge in [-0.05, 0) is 20.8 Å². The Kier molecular flexibility index (Phi) is 17.3. The SMILES string of the molecule is CC(=O)c1cc(C)c[c-]c1C.CC(=O)c1cc(C)c[c-]c1C.CC(=O)c1cc(C)c[c-]c1C.Cc1[c-]cc(C)cc1.[Os+4]. The van der Waals surface area contributed by atoms with Gasteiger partial charge in [-0.25, -0.2) is 0 Å². The summed E-state index contributed by atoms with van der Waals surface area (Å²) in [4.78, 5) is 33.0. The number of Topliss-reactive ketones (excluding diaryl/α,β-unsaturated/α-hetero) is 3. The third kappa shape index (κ3) is 13.9. The topological polar surface area (TPSA) is 51.2 Å². The maximum Gasteiger partial charge on any atom is 4.00 e. The van der Waals surface area contributed by atoms with E-state index >= 15 is 0 Å². The van der Waals surface area contributed by atoms with Gasteiger partial charge in [-0.1, -0.05) is 72.1 Å². The van der Waals surface area contributed by atoms with Crippen molar-refractivity contribution >= 4 is 17.3 Å². The van der Waals surface area contributed by atoms with Gasteiger partial charge in [0.25, 0.3) is 0 Å². The number of hydrogen-bond donors (Lipinski definition) is 0. The second kappa shape index (κ2) is 18.9. The Morgan fingerprint density at radius 1 is 0.452 bits per heavy atom. The third-order valence-corrected chi connectivity index (χ3v) is 6.14. The molecule has 0 fully saturated rings. The largest absolute Gasteiger partial charge is 4.00 e. The second-order valence-electron chi connectivity index (χ2n) is 10.4. The number of carbonyl (C=O) groups is 3. The van der Waals surface area contributed by atoms with Crippen molar-refractivity contribution in [1.82, 2.24) is 0 Å². The van der Waals surface area contributed by atoms with Crippen LogP contribution in [0.15, 0.2) is 54.6 Å². The van der Waals surface area contributed by atoms with E-state index in [0.29, 0.717) is 0 Å². The number of benzene rings is 4. The molecule has 0 saturated carbocycles. The minimum atomic E-state index is 0. The molecule has 0 amide bonds. The zero-order valence-corrected chi connectivity index (χ0v) is 29.3. The number of ketones is 3. The van der Waals surface area contributed by atoms with Gasteiger partial charge in [0, 0.05) is 0 Å². The van der Waals surface area contributed by atoms with Crippen molar-refractivity contribution in [3.8, 4) is 0 Å². The Labute approximate surface area is 266 Å². The van der Waals surface area contributed by atoms with E-state index in [9.17, 15) is 14.4 Å². The van der Waals surface area contributed by atoms with Crippen molar-refractivity contribution < 1.29 is 34.2 Å². The summed E-state index contributed by atoms with van der Waals surface area (Å²) in [5, 5.41) is 0. The average Bonchev–Trinajstić information content (AvgIpc) is 2.90. The molecule has 0 bridgehead atoms. The minimum absolute atomic E-state index is 0. The Morgan fingerprint density at radius 2 is 0.738 bits per heavy atom. The quantitative estimate of drug-likeness (QED) is 0.156. The van der Waals surface area contributed by atoms with Gasteiger partial charge in [-0.3, -0.25) is 0 Å². The van der Waals surface area contributed by atoms with Gasteiger partial charge >= 0.3 is 19.8 Å². The third-order valence-electron chi connectivity index (χ3n) is 6.14. The van der Waals surface area contributed by atoms with Crippen LogP contribution < -0.4 is 0 Å². The monoisotopic (exact) mass is 738 g/mol. The van der Waals surface area contributed by atoms with Crippen molar-refractivity contribution in [1.29, 1.82) is 0 Å². The summed E-state index contributed by atoms with van der Waals surface area (Å²) in [5.41, 5.74) is 10.9. The number of rotatable bonds is 3. The van der Waals surface area contributed by atoms with E-state index in [0.717, 1.165) is 50.1 Å². The first kappa shape index (κ1) is 38.5. The standard InChI is InChI=1S/3C10H11O.C8H9.Os/c3*1-7-4-5-8(2)10(6-7)9(3)11;1-7-3-5-8(2)6-4-7;/h3*4,6H,1-3H3;3-5H,1-2H3;/q4*-1;+4. The number of carbonyl (C=O) groups excluding carboxylic acids is 3. The van der Waals surface area contributed by atoms with E-state index < -0.39 is 0 Å². The van der Waals surface area contributed by atoms with Gasteiger partial charge in [-0.2, -0.15) is 123 Å². The number of hydrogen-bond acceptors (Lipinski definition) is 3. The van der Waals surface area contributed by atoms with E-state index in [1.165, 1.54) is 11.1 Å². The molecule has 3 nitrogen and oxygen atoms in total. The van der Waals surface area contributed by atoms with Crippen LogP contribution in [0.25, 0.3) is 0 Å². The zero-order valence-electron chi connectivity index (χ0n) is 26.8. The van der Waals surface area contributed by atoms with E-state index in [1.54, 1.807) is 20.8 Å². The Balaban J connectivity index is 0.000000533. The molecule has 0 atom stereocenters. The van der Waals surface area contributed by atoms with Gasteiger partial charge in [0.1, 0.15) is 17.3 Å². The summed E-state index contributed by atoms with van der Waals surface area (Å²) in [6, 6.07) is 29.7. The van der Waals surface area contributed by atoms with Crippen molar-refractivity contribution in [2.24, 2.45) is 0 Å². The fraction of sp³-hybridized carbons (Fsp3) is 0.289. The molecule has 0 radical (unpaired) electrons. The van der Waals surface area contributed by atoms with Crippen LogP contribution in [0.2, 0.25) is 0 Å². The van der Waals surface area contributed by atoms with Crippen molar-refractivity contribution in [3.63, 3.8) is 0 Å². The fourth-order valence-electron chi connectivity index (χ4n) is 3.71. The van der Waals surface area contributed by atoms with E-state index in [1.807, 2.05) is 90.9 Å². The number of aryl methyl sites for hydroxylation is 8. The summed E-state index contributed by atoms with van der Waals surface area (Å²) in [6.45, 7) is 20.4. The summed E-state index contributed by atoms with van der Waals surface area (Å²) in [5.74, 6) is 0.340. The van der Waals surface area contributed by atoms with E-state index in [-0.39, 0.29) is 37.1 Å². The molecule has 0 aliphatic heterocycles. The predicted octanol–water partition coefficient (Wildman–Crippen LogP) is 9.02. The van der Waals surface area contributed by atoms with Gasteiger partial charge in [0.05, 0.1) is 0 Å². The Bertz CT molecular complexity index is 1310. The average molecular weight is 737 g/mol. The second-order valence-corrected chi connectivity index (χ2v) is 10.4. The molecule has 4 rings (SSSR count). The smallest absolute Gasteiger partial charge is 0.309 e. The van der Waals surface area contributed by atoms with Crippen LogP contribution in [0.4, 0.5) is 0 Å². The molecule has 4 heteroatoms. The first-order chi connectivity index (χ1) is 19.1. The van der Waals surface area contributed by atoms with Crippen molar-refractivity contribution in [2.75, 3.05) is 0 Å². The van der Waals surface area contributed by atoms with Crippen molar-refractivity contribution in [2.45, 2.75) is 76.2 Å². The van der Waals surface area contributed by atoms with Crippen LogP contribution in [-0.4, -0.2) is 17.3 Å². The molecule has 0 aliphatic rings. The molecular formula is C38H42O3Os. The van der Waals surface area contributed by atoms with Crippen LogP contribution >= 0.6 is 0 Å². The molecule has 0 saturated heterocycles. The zero-order chi connectivity index (χ0) is 31.3. The van der Waals surface area contributed by atoms with Crippen LogP contribution in [-0.2, 0) is 19.8 Å². The van der Waals surface area contributed by atoms with E-state index in [2.05, 4.69) is 43.3 Å². The predicted molar refractivity (Wildman–Crippen MR) is 169 cm³/mol. The van der Waals surface area contributed by atoms with Crippen LogP contribution in [0.5, 0.6) is 0 Å². The summed E-state index contributed by atoms with van der Waals surface area (Å²) < 4.78 is 0. The Hall–Kier alpha value is -3.47. The molecule has 220 valence electrons.